The number of anilines is 1. The molecule has 2 aromatic rings. The largest absolute Gasteiger partial charge is 0.508 e. The Morgan fingerprint density at radius 2 is 1.71 bits per heavy atom. The number of ketones is 2. The van der Waals surface area contributed by atoms with Crippen molar-refractivity contribution in [1.82, 2.24) is 0 Å². The topological polar surface area (TPSA) is 116 Å². The summed E-state index contributed by atoms with van der Waals surface area (Å²) in [5.74, 6) is -3.52. The van der Waals surface area contributed by atoms with Gasteiger partial charge in [-0.1, -0.05) is 24.3 Å². The van der Waals surface area contributed by atoms with Crippen LogP contribution < -0.4 is 5.32 Å². The number of nitrogens with one attached hydrogen (secondary N) is 1. The number of rotatable bonds is 5. The first-order valence-electron chi connectivity index (χ1n) is 8.52. The predicted octanol–water partition coefficient (Wildman–Crippen LogP) is 2.84. The summed E-state index contributed by atoms with van der Waals surface area (Å²) in [5, 5.41) is 21.8. The summed E-state index contributed by atoms with van der Waals surface area (Å²) in [6, 6.07) is 13.8. The molecule has 0 saturated heterocycles. The summed E-state index contributed by atoms with van der Waals surface area (Å²) >= 11 is 0. The molecule has 0 spiro atoms. The average molecular weight is 376 g/mol. The van der Waals surface area contributed by atoms with Crippen molar-refractivity contribution < 1.29 is 24.2 Å². The van der Waals surface area contributed by atoms with E-state index >= 15 is 0 Å². The number of hydrogen-bond acceptors (Lipinski definition) is 7. The molecule has 0 bridgehead atoms. The van der Waals surface area contributed by atoms with E-state index in [9.17, 15) is 24.8 Å². The third-order valence-electron chi connectivity index (χ3n) is 4.23. The lowest BCUT2D eigenvalue weighted by molar-refractivity contribution is -0.144. The van der Waals surface area contributed by atoms with Crippen LogP contribution in [0.3, 0.4) is 0 Å². The van der Waals surface area contributed by atoms with Crippen LogP contribution in [0.25, 0.3) is 0 Å². The number of carbonyl (C=O) groups excluding carboxylic acids is 3. The van der Waals surface area contributed by atoms with Gasteiger partial charge in [-0.15, -0.1) is 0 Å². The summed E-state index contributed by atoms with van der Waals surface area (Å²) in [5.41, 5.74) is 0.305. The fourth-order valence-corrected chi connectivity index (χ4v) is 2.94. The first kappa shape index (κ1) is 18.9. The number of esters is 1. The molecule has 28 heavy (non-hydrogen) atoms. The molecular weight excluding hydrogens is 360 g/mol. The highest BCUT2D eigenvalue weighted by atomic mass is 16.5. The molecule has 1 unspecified atom stereocenters. The lowest BCUT2D eigenvalue weighted by Crippen LogP contribution is -2.32. The molecule has 2 N–H and O–H groups in total. The molecule has 2 aromatic carbocycles. The van der Waals surface area contributed by atoms with Crippen LogP contribution in [0.15, 0.2) is 59.8 Å². The highest BCUT2D eigenvalue weighted by molar-refractivity contribution is 6.29. The number of phenolic OH excluding ortho intramolecular Hbond substituents is 1. The van der Waals surface area contributed by atoms with Crippen LogP contribution in [-0.4, -0.2) is 29.2 Å². The molecule has 0 saturated carbocycles. The number of nitrogens with zero attached hydrogens (tertiary/aromatic N) is 1. The SMILES string of the molecule is CCOC(=O)C(C#N)C1=C(Nc2ccc(O)cc2)C(=O)c2ccccc2C1=O. The molecule has 0 heterocycles. The highest BCUT2D eigenvalue weighted by Gasteiger charge is 2.39. The summed E-state index contributed by atoms with van der Waals surface area (Å²) in [4.78, 5) is 38.4. The molecule has 0 aromatic heterocycles. The molecule has 0 fully saturated rings. The first-order chi connectivity index (χ1) is 13.5. The van der Waals surface area contributed by atoms with Crippen LogP contribution in [-0.2, 0) is 9.53 Å². The van der Waals surface area contributed by atoms with E-state index in [1.165, 1.54) is 36.4 Å². The Hall–Kier alpha value is -3.92. The van der Waals surface area contributed by atoms with Crippen LogP contribution >= 0.6 is 0 Å². The molecular formula is C21H16N2O5. The Morgan fingerprint density at radius 3 is 2.29 bits per heavy atom. The minimum Gasteiger partial charge on any atom is -0.508 e. The number of nitriles is 1. The van der Waals surface area contributed by atoms with E-state index in [-0.39, 0.29) is 34.8 Å². The molecule has 7 nitrogen and oxygen atoms in total. The monoisotopic (exact) mass is 376 g/mol. The van der Waals surface area contributed by atoms with E-state index in [0.29, 0.717) is 5.69 Å². The number of allylic oxidation sites excluding steroid dienone is 1. The number of aromatic hydroxyl groups is 1. The summed E-state index contributed by atoms with van der Waals surface area (Å²) in [6.07, 6.45) is 0. The second kappa shape index (κ2) is 7.76. The maximum absolute atomic E-state index is 13.1. The standard InChI is InChI=1S/C21H16N2O5/c1-2-28-21(27)16(11-22)17-18(23-12-7-9-13(24)10-8-12)20(26)15-6-4-3-5-14(15)19(17)25/h3-10,16,23-24H,2H2,1H3. The van der Waals surface area contributed by atoms with E-state index in [0.717, 1.165) is 0 Å². The van der Waals surface area contributed by atoms with Gasteiger partial charge in [0.2, 0.25) is 5.78 Å². The van der Waals surface area contributed by atoms with Gasteiger partial charge in [0.15, 0.2) is 11.7 Å². The Labute approximate surface area is 160 Å². The zero-order valence-corrected chi connectivity index (χ0v) is 14.9. The van der Waals surface area contributed by atoms with Crippen LogP contribution in [0.1, 0.15) is 27.6 Å². The van der Waals surface area contributed by atoms with Crippen molar-refractivity contribution in [2.45, 2.75) is 6.92 Å². The molecule has 1 aliphatic carbocycles. The number of Topliss-reactive ketones (excluding diaryl/α,β-unsaturated/α-hetero) is 2. The van der Waals surface area contributed by atoms with Crippen LogP contribution in [0.4, 0.5) is 5.69 Å². The number of carbonyl (C=O) groups is 3. The minimum atomic E-state index is -1.55. The van der Waals surface area contributed by atoms with E-state index in [2.05, 4.69) is 5.32 Å². The zero-order chi connectivity index (χ0) is 20.3. The lowest BCUT2D eigenvalue weighted by atomic mass is 9.81. The second-order valence-electron chi connectivity index (χ2n) is 5.98. The van der Waals surface area contributed by atoms with Crippen molar-refractivity contribution in [1.29, 1.82) is 5.26 Å². The van der Waals surface area contributed by atoms with Gasteiger partial charge in [-0.25, -0.2) is 0 Å². The van der Waals surface area contributed by atoms with Gasteiger partial charge in [0.05, 0.1) is 23.9 Å². The van der Waals surface area contributed by atoms with Gasteiger partial charge >= 0.3 is 5.97 Å². The van der Waals surface area contributed by atoms with Crippen LogP contribution in [0.5, 0.6) is 5.75 Å². The molecule has 140 valence electrons. The van der Waals surface area contributed by atoms with Gasteiger partial charge in [0.1, 0.15) is 5.75 Å². The minimum absolute atomic E-state index is 0.0255. The van der Waals surface area contributed by atoms with Crippen LogP contribution in [0, 0.1) is 17.2 Å². The number of ether oxygens (including phenoxy) is 1. The zero-order valence-electron chi connectivity index (χ0n) is 14.9. The number of benzene rings is 2. The van der Waals surface area contributed by atoms with Gasteiger partial charge in [-0.05, 0) is 31.2 Å². The van der Waals surface area contributed by atoms with Crippen molar-refractivity contribution in [3.8, 4) is 11.8 Å². The van der Waals surface area contributed by atoms with Crippen molar-refractivity contribution in [3.63, 3.8) is 0 Å². The number of hydrogen-bond donors (Lipinski definition) is 2. The molecule has 0 radical (unpaired) electrons. The summed E-state index contributed by atoms with van der Waals surface area (Å²) in [6.45, 7) is 1.61. The normalized spacial score (nSPS) is 14.1. The Balaban J connectivity index is 2.17. The second-order valence-corrected chi connectivity index (χ2v) is 5.98. The molecule has 7 heteroatoms. The van der Waals surface area contributed by atoms with Crippen molar-refractivity contribution in [2.24, 2.45) is 5.92 Å². The fourth-order valence-electron chi connectivity index (χ4n) is 2.94. The smallest absolute Gasteiger partial charge is 0.328 e. The average Bonchev–Trinajstić information content (AvgIpc) is 2.70. The number of phenols is 1. The quantitative estimate of drug-likeness (QED) is 0.609. The van der Waals surface area contributed by atoms with E-state index in [4.69, 9.17) is 4.74 Å². The summed E-state index contributed by atoms with van der Waals surface area (Å²) in [7, 11) is 0. The molecule has 1 atom stereocenters. The summed E-state index contributed by atoms with van der Waals surface area (Å²) < 4.78 is 4.91. The maximum Gasteiger partial charge on any atom is 0.328 e. The van der Waals surface area contributed by atoms with Gasteiger partial charge in [-0.3, -0.25) is 14.4 Å². The van der Waals surface area contributed by atoms with E-state index in [1.807, 2.05) is 0 Å². The molecule has 0 amide bonds. The highest BCUT2D eigenvalue weighted by Crippen LogP contribution is 2.32. The van der Waals surface area contributed by atoms with Crippen molar-refractivity contribution in [3.05, 3.63) is 70.9 Å². The van der Waals surface area contributed by atoms with Crippen molar-refractivity contribution >= 4 is 23.2 Å². The van der Waals surface area contributed by atoms with Gasteiger partial charge in [-0.2, -0.15) is 5.26 Å². The van der Waals surface area contributed by atoms with Gasteiger partial charge in [0, 0.05) is 16.8 Å². The fraction of sp³-hybridized carbons (Fsp3) is 0.143. The van der Waals surface area contributed by atoms with E-state index in [1.54, 1.807) is 25.1 Å². The Bertz CT molecular complexity index is 1030. The van der Waals surface area contributed by atoms with E-state index < -0.39 is 23.5 Å². The predicted molar refractivity (Wildman–Crippen MR) is 99.6 cm³/mol. The third kappa shape index (κ3) is 3.35. The first-order valence-corrected chi connectivity index (χ1v) is 8.52. The Kier molecular flexibility index (Phi) is 5.23. The van der Waals surface area contributed by atoms with Crippen LogP contribution in [0.2, 0.25) is 0 Å². The molecule has 0 aliphatic heterocycles. The molecule has 1 aliphatic rings. The van der Waals surface area contributed by atoms with Gasteiger partial charge in [0.25, 0.3) is 0 Å². The third-order valence-corrected chi connectivity index (χ3v) is 4.23. The van der Waals surface area contributed by atoms with Gasteiger partial charge < -0.3 is 15.2 Å². The lowest BCUT2D eigenvalue weighted by Gasteiger charge is -2.24. The maximum atomic E-state index is 13.1. The molecule has 3 rings (SSSR count). The Morgan fingerprint density at radius 1 is 1.11 bits per heavy atom. The number of fused-ring (bicyclic) bond motifs is 1. The van der Waals surface area contributed by atoms with Crippen molar-refractivity contribution in [2.75, 3.05) is 11.9 Å².